The Morgan fingerprint density at radius 1 is 1.15 bits per heavy atom. The van der Waals surface area contributed by atoms with Crippen molar-refractivity contribution in [2.45, 2.75) is 13.3 Å². The first-order chi connectivity index (χ1) is 16.5. The Balaban J connectivity index is 1.46. The predicted octanol–water partition coefficient (Wildman–Crippen LogP) is 4.11. The summed E-state index contributed by atoms with van der Waals surface area (Å²) < 4.78 is 44.7. The molecule has 0 saturated carbocycles. The van der Waals surface area contributed by atoms with Gasteiger partial charge in [0.15, 0.2) is 17.6 Å². The molecule has 0 spiro atoms. The van der Waals surface area contributed by atoms with Gasteiger partial charge >= 0.3 is 0 Å². The van der Waals surface area contributed by atoms with Crippen LogP contribution in [0.3, 0.4) is 0 Å². The van der Waals surface area contributed by atoms with Gasteiger partial charge < -0.3 is 14.2 Å². The van der Waals surface area contributed by atoms with E-state index >= 15 is 0 Å². The number of halogens is 2. The van der Waals surface area contributed by atoms with Crippen LogP contribution in [0.25, 0.3) is 10.2 Å². The van der Waals surface area contributed by atoms with Gasteiger partial charge in [0.2, 0.25) is 0 Å². The van der Waals surface area contributed by atoms with Crippen LogP contribution < -0.4 is 14.4 Å². The van der Waals surface area contributed by atoms with Crippen LogP contribution in [0.1, 0.15) is 13.3 Å². The van der Waals surface area contributed by atoms with E-state index in [2.05, 4.69) is 9.88 Å². The molecule has 182 valence electrons. The van der Waals surface area contributed by atoms with E-state index in [4.69, 9.17) is 14.2 Å². The van der Waals surface area contributed by atoms with Crippen LogP contribution in [-0.4, -0.2) is 68.4 Å². The fraction of sp³-hybridized carbons (Fsp3) is 0.417. The highest BCUT2D eigenvalue weighted by atomic mass is 32.1. The number of benzene rings is 2. The fourth-order valence-electron chi connectivity index (χ4n) is 3.69. The molecule has 4 rings (SSSR count). The van der Waals surface area contributed by atoms with E-state index < -0.39 is 11.6 Å². The van der Waals surface area contributed by atoms with Crippen molar-refractivity contribution < 1.29 is 27.8 Å². The summed E-state index contributed by atoms with van der Waals surface area (Å²) in [5.74, 6) is -0.485. The zero-order valence-electron chi connectivity index (χ0n) is 19.0. The number of anilines is 1. The second kappa shape index (κ2) is 11.5. The molecule has 0 N–H and O–H groups in total. The van der Waals surface area contributed by atoms with Gasteiger partial charge in [-0.3, -0.25) is 14.6 Å². The summed E-state index contributed by atoms with van der Waals surface area (Å²) in [6.07, 6.45) is 0.696. The number of nitrogens with zero attached hydrogens (tertiary/aromatic N) is 3. The van der Waals surface area contributed by atoms with Crippen molar-refractivity contribution in [1.82, 2.24) is 9.88 Å². The smallest absolute Gasteiger partial charge is 0.266 e. The van der Waals surface area contributed by atoms with Gasteiger partial charge in [-0.2, -0.15) is 0 Å². The maximum atomic E-state index is 14.2. The molecule has 34 heavy (non-hydrogen) atoms. The number of aromatic nitrogens is 1. The molecule has 0 radical (unpaired) electrons. The van der Waals surface area contributed by atoms with Crippen LogP contribution >= 0.6 is 11.3 Å². The highest BCUT2D eigenvalue weighted by molar-refractivity contribution is 7.22. The highest BCUT2D eigenvalue weighted by Gasteiger charge is 2.22. The Morgan fingerprint density at radius 3 is 2.56 bits per heavy atom. The molecule has 0 atom stereocenters. The number of fused-ring (bicyclic) bond motifs is 1. The molecule has 1 aliphatic rings. The summed E-state index contributed by atoms with van der Waals surface area (Å²) >= 11 is 1.09. The predicted molar refractivity (Wildman–Crippen MR) is 127 cm³/mol. The van der Waals surface area contributed by atoms with Crippen LogP contribution in [0.2, 0.25) is 0 Å². The minimum atomic E-state index is -0.746. The van der Waals surface area contributed by atoms with Crippen LogP contribution in [0.5, 0.6) is 11.5 Å². The third-order valence-corrected chi connectivity index (χ3v) is 6.42. The molecule has 3 aromatic rings. The summed E-state index contributed by atoms with van der Waals surface area (Å²) in [4.78, 5) is 21.2. The minimum absolute atomic E-state index is 0.0554. The summed E-state index contributed by atoms with van der Waals surface area (Å²) in [5.41, 5.74) is 0.0554. The Hall–Kier alpha value is -2.82. The van der Waals surface area contributed by atoms with Gasteiger partial charge in [0, 0.05) is 32.2 Å². The molecule has 1 aromatic heterocycles. The largest absolute Gasteiger partial charge is 0.494 e. The van der Waals surface area contributed by atoms with Gasteiger partial charge in [-0.25, -0.2) is 13.8 Å². The van der Waals surface area contributed by atoms with E-state index in [0.717, 1.165) is 42.8 Å². The maximum Gasteiger partial charge on any atom is 0.266 e. The first-order valence-corrected chi connectivity index (χ1v) is 12.1. The number of carbonyl (C=O) groups is 1. The number of thiazole rings is 1. The number of morpholine rings is 1. The van der Waals surface area contributed by atoms with Gasteiger partial charge in [-0.1, -0.05) is 11.3 Å². The van der Waals surface area contributed by atoms with E-state index in [9.17, 15) is 13.6 Å². The maximum absolute atomic E-state index is 14.2. The van der Waals surface area contributed by atoms with Gasteiger partial charge in [0.05, 0.1) is 24.5 Å². The summed E-state index contributed by atoms with van der Waals surface area (Å²) in [6, 6.07) is 9.04. The third kappa shape index (κ3) is 6.19. The third-order valence-electron chi connectivity index (χ3n) is 5.39. The lowest BCUT2D eigenvalue weighted by atomic mass is 10.3. The van der Waals surface area contributed by atoms with Crippen LogP contribution in [0.15, 0.2) is 36.4 Å². The molecule has 2 aromatic carbocycles. The molecule has 0 unspecified atom stereocenters. The molecule has 10 heteroatoms. The molecule has 0 aliphatic carbocycles. The van der Waals surface area contributed by atoms with Crippen molar-refractivity contribution in [2.75, 3.05) is 57.5 Å². The van der Waals surface area contributed by atoms with Crippen molar-refractivity contribution in [3.8, 4) is 11.5 Å². The number of carbonyl (C=O) groups excluding carboxylic acids is 1. The second-order valence-corrected chi connectivity index (χ2v) is 8.79. The number of hydrogen-bond donors (Lipinski definition) is 0. The quantitative estimate of drug-likeness (QED) is 0.425. The molecular formula is C24H27F2N3O4S. The van der Waals surface area contributed by atoms with Gasteiger partial charge in [0.25, 0.3) is 5.91 Å². The van der Waals surface area contributed by atoms with Gasteiger partial charge in [-0.05, 0) is 43.7 Å². The van der Waals surface area contributed by atoms with E-state index in [1.54, 1.807) is 24.3 Å². The average molecular weight is 492 g/mol. The lowest BCUT2D eigenvalue weighted by molar-refractivity contribution is -0.120. The first kappa shape index (κ1) is 24.3. The molecular weight excluding hydrogens is 464 g/mol. The van der Waals surface area contributed by atoms with Crippen molar-refractivity contribution >= 4 is 32.6 Å². The Morgan fingerprint density at radius 2 is 1.85 bits per heavy atom. The van der Waals surface area contributed by atoms with Gasteiger partial charge in [0.1, 0.15) is 22.8 Å². The standard InChI is InChI=1S/C24H27F2N3O4S/c1-2-32-18-4-6-19(7-5-18)33-16-22(30)29(9-3-8-28-10-12-31-13-11-28)24-27-23-20(26)14-17(25)15-21(23)34-24/h4-7,14-15H,2-3,8-13,16H2,1H3. The van der Waals surface area contributed by atoms with Crippen molar-refractivity contribution in [1.29, 1.82) is 0 Å². The van der Waals surface area contributed by atoms with Gasteiger partial charge in [-0.15, -0.1) is 0 Å². The summed E-state index contributed by atoms with van der Waals surface area (Å²) in [5, 5.41) is 0.321. The second-order valence-electron chi connectivity index (χ2n) is 7.78. The molecule has 1 amide bonds. The Bertz CT molecular complexity index is 1100. The molecule has 7 nitrogen and oxygen atoms in total. The molecule has 0 bridgehead atoms. The molecule has 1 fully saturated rings. The highest BCUT2D eigenvalue weighted by Crippen LogP contribution is 2.31. The van der Waals surface area contributed by atoms with Crippen molar-refractivity contribution in [3.05, 3.63) is 48.0 Å². The Kier molecular flexibility index (Phi) is 8.25. The van der Waals surface area contributed by atoms with Crippen LogP contribution in [0.4, 0.5) is 13.9 Å². The topological polar surface area (TPSA) is 64.1 Å². The van der Waals surface area contributed by atoms with E-state index in [0.29, 0.717) is 48.4 Å². The number of hydrogen-bond acceptors (Lipinski definition) is 7. The summed E-state index contributed by atoms with van der Waals surface area (Å²) in [6.45, 7) is 6.51. The lowest BCUT2D eigenvalue weighted by Gasteiger charge is -2.27. The van der Waals surface area contributed by atoms with Crippen molar-refractivity contribution in [2.24, 2.45) is 0 Å². The van der Waals surface area contributed by atoms with E-state index in [1.807, 2.05) is 6.92 Å². The monoisotopic (exact) mass is 491 g/mol. The molecule has 1 aliphatic heterocycles. The van der Waals surface area contributed by atoms with Crippen molar-refractivity contribution in [3.63, 3.8) is 0 Å². The summed E-state index contributed by atoms with van der Waals surface area (Å²) in [7, 11) is 0. The Labute approximate surface area is 200 Å². The van der Waals surface area contributed by atoms with Crippen LogP contribution in [-0.2, 0) is 9.53 Å². The number of rotatable bonds is 10. The first-order valence-electron chi connectivity index (χ1n) is 11.2. The zero-order valence-corrected chi connectivity index (χ0v) is 19.8. The SMILES string of the molecule is CCOc1ccc(OCC(=O)N(CCCN2CCOCC2)c2nc3c(F)cc(F)cc3s2)cc1. The average Bonchev–Trinajstić information content (AvgIpc) is 3.26. The fourth-order valence-corrected chi connectivity index (χ4v) is 4.74. The lowest BCUT2D eigenvalue weighted by Crippen LogP contribution is -2.40. The van der Waals surface area contributed by atoms with Crippen LogP contribution in [0, 0.1) is 11.6 Å². The number of amides is 1. The zero-order chi connectivity index (χ0) is 23.9. The minimum Gasteiger partial charge on any atom is -0.494 e. The normalized spacial score (nSPS) is 14.3. The van der Waals surface area contributed by atoms with E-state index in [-0.39, 0.29) is 18.0 Å². The molecule has 1 saturated heterocycles. The number of ether oxygens (including phenoxy) is 3. The van der Waals surface area contributed by atoms with E-state index in [1.165, 1.54) is 11.0 Å². The molecule has 2 heterocycles.